The molecule has 31 heavy (non-hydrogen) atoms. The average molecular weight is 423 g/mol. The molecule has 0 saturated heterocycles. The third-order valence-corrected chi connectivity index (χ3v) is 5.98. The van der Waals surface area contributed by atoms with Crippen LogP contribution < -0.4 is 5.01 Å². The number of hydrazone groups is 1. The van der Waals surface area contributed by atoms with E-state index >= 15 is 0 Å². The van der Waals surface area contributed by atoms with Gasteiger partial charge in [0.15, 0.2) is 0 Å². The fraction of sp³-hybridized carbons (Fsp3) is 0.107. The largest absolute Gasteiger partial charge is 0.257 e. The summed E-state index contributed by atoms with van der Waals surface area (Å²) in [6, 6.07) is 38.0. The van der Waals surface area contributed by atoms with Gasteiger partial charge in [-0.2, -0.15) is 5.10 Å². The van der Waals surface area contributed by atoms with Crippen molar-refractivity contribution < 1.29 is 0 Å². The van der Waals surface area contributed by atoms with E-state index in [1.165, 1.54) is 22.3 Å². The first-order valence-electron chi connectivity index (χ1n) is 10.6. The summed E-state index contributed by atoms with van der Waals surface area (Å²) in [5.41, 5.74) is 7.23. The molecule has 1 aliphatic heterocycles. The highest BCUT2D eigenvalue weighted by Gasteiger charge is 2.29. The van der Waals surface area contributed by atoms with Crippen molar-refractivity contribution in [3.8, 4) is 0 Å². The maximum absolute atomic E-state index is 6.13. The molecule has 0 bridgehead atoms. The topological polar surface area (TPSA) is 15.6 Å². The van der Waals surface area contributed by atoms with Crippen molar-refractivity contribution in [2.24, 2.45) is 5.10 Å². The molecule has 5 rings (SSSR count). The van der Waals surface area contributed by atoms with Crippen molar-refractivity contribution in [2.75, 3.05) is 5.01 Å². The van der Waals surface area contributed by atoms with Gasteiger partial charge < -0.3 is 0 Å². The van der Waals surface area contributed by atoms with Gasteiger partial charge in [-0.05, 0) is 52.9 Å². The van der Waals surface area contributed by atoms with E-state index in [-0.39, 0.29) is 6.04 Å². The molecule has 0 radical (unpaired) electrons. The van der Waals surface area contributed by atoms with Crippen LogP contribution in [0.3, 0.4) is 0 Å². The number of hydrogen-bond donors (Lipinski definition) is 0. The summed E-state index contributed by atoms with van der Waals surface area (Å²) in [5.74, 6) is 0. The summed E-state index contributed by atoms with van der Waals surface area (Å²) in [4.78, 5) is 0. The molecule has 0 amide bonds. The summed E-state index contributed by atoms with van der Waals surface area (Å²) >= 11 is 6.13. The first-order chi connectivity index (χ1) is 15.3. The minimum atomic E-state index is 0.152. The number of halogens is 1. The zero-order valence-corrected chi connectivity index (χ0v) is 17.9. The molecule has 0 aliphatic carbocycles. The molecule has 1 aliphatic rings. The molecule has 0 N–H and O–H groups in total. The quantitative estimate of drug-likeness (QED) is 0.329. The van der Waals surface area contributed by atoms with Gasteiger partial charge in [0.1, 0.15) is 0 Å². The molecule has 0 aromatic heterocycles. The van der Waals surface area contributed by atoms with Gasteiger partial charge in [0.25, 0.3) is 0 Å². The number of nitrogens with zero attached hydrogens (tertiary/aromatic N) is 2. The molecule has 152 valence electrons. The zero-order valence-electron chi connectivity index (χ0n) is 17.2. The lowest BCUT2D eigenvalue weighted by atomic mass is 9.97. The predicted octanol–water partition coefficient (Wildman–Crippen LogP) is 7.29. The Morgan fingerprint density at radius 1 is 0.710 bits per heavy atom. The second-order valence-electron chi connectivity index (χ2n) is 7.86. The molecular weight excluding hydrogens is 400 g/mol. The molecule has 0 fully saturated rings. The maximum Gasteiger partial charge on any atom is 0.0831 e. The lowest BCUT2D eigenvalue weighted by molar-refractivity contribution is 0.709. The summed E-state index contributed by atoms with van der Waals surface area (Å²) in [7, 11) is 0. The van der Waals surface area contributed by atoms with Crippen LogP contribution in [0.15, 0.2) is 114 Å². The van der Waals surface area contributed by atoms with Crippen molar-refractivity contribution in [2.45, 2.75) is 18.9 Å². The molecule has 3 heteroatoms. The summed E-state index contributed by atoms with van der Waals surface area (Å²) in [5, 5.41) is 7.93. The second kappa shape index (κ2) is 8.79. The Hall–Kier alpha value is -3.36. The van der Waals surface area contributed by atoms with E-state index < -0.39 is 0 Å². The molecular formula is C28H23ClN2. The lowest BCUT2D eigenvalue weighted by Gasteiger charge is -2.24. The normalized spacial score (nSPS) is 15.7. The highest BCUT2D eigenvalue weighted by molar-refractivity contribution is 6.30. The minimum absolute atomic E-state index is 0.152. The van der Waals surface area contributed by atoms with E-state index in [0.717, 1.165) is 29.3 Å². The van der Waals surface area contributed by atoms with E-state index in [2.05, 4.69) is 96.0 Å². The molecule has 2 nitrogen and oxygen atoms in total. The van der Waals surface area contributed by atoms with Crippen molar-refractivity contribution in [3.05, 3.63) is 136 Å². The van der Waals surface area contributed by atoms with Crippen LogP contribution in [-0.4, -0.2) is 5.71 Å². The van der Waals surface area contributed by atoms with Gasteiger partial charge in [-0.15, -0.1) is 0 Å². The van der Waals surface area contributed by atoms with Gasteiger partial charge >= 0.3 is 0 Å². The second-order valence-corrected chi connectivity index (χ2v) is 8.29. The van der Waals surface area contributed by atoms with Crippen LogP contribution in [0.4, 0.5) is 5.69 Å². The number of rotatable bonds is 5. The van der Waals surface area contributed by atoms with Crippen LogP contribution in [0.25, 0.3) is 0 Å². The van der Waals surface area contributed by atoms with E-state index in [9.17, 15) is 0 Å². The zero-order chi connectivity index (χ0) is 21.0. The van der Waals surface area contributed by atoms with Gasteiger partial charge in [0, 0.05) is 11.4 Å². The lowest BCUT2D eigenvalue weighted by Crippen LogP contribution is -2.18. The molecule has 4 aromatic carbocycles. The Morgan fingerprint density at radius 2 is 1.32 bits per heavy atom. The van der Waals surface area contributed by atoms with Crippen LogP contribution in [-0.2, 0) is 6.42 Å². The van der Waals surface area contributed by atoms with E-state index in [1.54, 1.807) is 0 Å². The number of hydrogen-bond acceptors (Lipinski definition) is 2. The molecule has 0 saturated carbocycles. The Labute approximate surface area is 188 Å². The first kappa shape index (κ1) is 19.6. The van der Waals surface area contributed by atoms with Crippen molar-refractivity contribution in [1.82, 2.24) is 0 Å². The minimum Gasteiger partial charge on any atom is -0.257 e. The number of benzene rings is 4. The molecule has 0 spiro atoms. The number of para-hydroxylation sites is 1. The van der Waals surface area contributed by atoms with E-state index in [0.29, 0.717) is 0 Å². The van der Waals surface area contributed by atoms with Crippen LogP contribution in [0.5, 0.6) is 0 Å². The Kier molecular flexibility index (Phi) is 5.56. The first-order valence-corrected chi connectivity index (χ1v) is 10.9. The van der Waals surface area contributed by atoms with Crippen LogP contribution in [0, 0.1) is 0 Å². The van der Waals surface area contributed by atoms with Crippen LogP contribution in [0.1, 0.15) is 34.7 Å². The molecule has 1 unspecified atom stereocenters. The van der Waals surface area contributed by atoms with Gasteiger partial charge in [0.05, 0.1) is 17.4 Å². The average Bonchev–Trinajstić information content (AvgIpc) is 3.27. The monoisotopic (exact) mass is 422 g/mol. The predicted molar refractivity (Wildman–Crippen MR) is 130 cm³/mol. The fourth-order valence-electron chi connectivity index (χ4n) is 4.09. The SMILES string of the molecule is Clc1ccc(C2CC(c3ccc(Cc4ccccc4)cc3)=NN2c2ccccc2)cc1. The Bertz CT molecular complexity index is 1170. The molecule has 1 atom stereocenters. The van der Waals surface area contributed by atoms with Crippen molar-refractivity contribution in [3.63, 3.8) is 0 Å². The van der Waals surface area contributed by atoms with Gasteiger partial charge in [-0.25, -0.2) is 0 Å². The van der Waals surface area contributed by atoms with Crippen molar-refractivity contribution in [1.29, 1.82) is 0 Å². The molecule has 1 heterocycles. The van der Waals surface area contributed by atoms with Crippen molar-refractivity contribution >= 4 is 23.0 Å². The third-order valence-electron chi connectivity index (χ3n) is 5.72. The maximum atomic E-state index is 6.13. The van der Waals surface area contributed by atoms with Gasteiger partial charge in [0.2, 0.25) is 0 Å². The standard InChI is InChI=1S/C28H23ClN2/c29-25-17-15-24(16-18-25)28-20-27(30-31(28)26-9-5-2-6-10-26)23-13-11-22(12-14-23)19-21-7-3-1-4-8-21/h1-18,28H,19-20H2. The number of anilines is 1. The Balaban J connectivity index is 1.42. The Morgan fingerprint density at radius 3 is 2.00 bits per heavy atom. The summed E-state index contributed by atoms with van der Waals surface area (Å²) in [6.07, 6.45) is 1.80. The van der Waals surface area contributed by atoms with E-state index in [4.69, 9.17) is 16.7 Å². The van der Waals surface area contributed by atoms with Gasteiger partial charge in [-0.3, -0.25) is 5.01 Å². The van der Waals surface area contributed by atoms with Crippen LogP contribution >= 0.6 is 11.6 Å². The molecule has 4 aromatic rings. The highest BCUT2D eigenvalue weighted by atomic mass is 35.5. The third kappa shape index (κ3) is 4.40. The van der Waals surface area contributed by atoms with Gasteiger partial charge in [-0.1, -0.05) is 96.5 Å². The van der Waals surface area contributed by atoms with E-state index in [1.807, 2.05) is 18.2 Å². The summed E-state index contributed by atoms with van der Waals surface area (Å²) in [6.45, 7) is 0. The highest BCUT2D eigenvalue weighted by Crippen LogP contribution is 2.37. The smallest absolute Gasteiger partial charge is 0.0831 e. The van der Waals surface area contributed by atoms with Crippen LogP contribution in [0.2, 0.25) is 5.02 Å². The fourth-order valence-corrected chi connectivity index (χ4v) is 4.22. The summed E-state index contributed by atoms with van der Waals surface area (Å²) < 4.78 is 0.